The number of carboxylic acids is 1. The summed E-state index contributed by atoms with van der Waals surface area (Å²) in [4.78, 5) is 34.9. The van der Waals surface area contributed by atoms with E-state index in [1.54, 1.807) is 24.4 Å². The van der Waals surface area contributed by atoms with Crippen molar-refractivity contribution >= 4 is 17.6 Å². The Morgan fingerprint density at radius 3 is 2.77 bits per heavy atom. The first-order valence-corrected chi connectivity index (χ1v) is 14.0. The average molecular weight is 544 g/mol. The number of carbonyl (C=O) groups is 2. The Balaban J connectivity index is 1.49. The minimum absolute atomic E-state index is 0.0568. The van der Waals surface area contributed by atoms with E-state index in [-0.39, 0.29) is 18.4 Å². The Kier molecular flexibility index (Phi) is 8.65. The van der Waals surface area contributed by atoms with Gasteiger partial charge in [0.15, 0.2) is 0 Å². The van der Waals surface area contributed by atoms with E-state index in [9.17, 15) is 14.7 Å². The fourth-order valence-corrected chi connectivity index (χ4v) is 6.10. The zero-order valence-corrected chi connectivity index (χ0v) is 23.2. The third-order valence-corrected chi connectivity index (χ3v) is 8.13. The lowest BCUT2D eigenvalue weighted by Gasteiger charge is -2.30. The number of carbonyl (C=O) groups excluding carboxylic acids is 1. The molecule has 2 aliphatic rings. The van der Waals surface area contributed by atoms with Crippen LogP contribution in [0.1, 0.15) is 42.4 Å². The number of ether oxygens (including phenoxy) is 2. The van der Waals surface area contributed by atoms with Gasteiger partial charge in [-0.05, 0) is 53.8 Å². The van der Waals surface area contributed by atoms with Gasteiger partial charge in [-0.25, -0.2) is 0 Å². The summed E-state index contributed by atoms with van der Waals surface area (Å²) in [5.74, 6) is -0.283. The molecule has 1 fully saturated rings. The van der Waals surface area contributed by atoms with Gasteiger partial charge < -0.3 is 19.5 Å². The molecule has 0 radical (unpaired) electrons. The van der Waals surface area contributed by atoms with E-state index in [1.807, 2.05) is 48.5 Å². The number of fused-ring (bicyclic) bond motifs is 1. The molecule has 0 saturated carbocycles. The van der Waals surface area contributed by atoms with Crippen LogP contribution in [0.3, 0.4) is 0 Å². The van der Waals surface area contributed by atoms with Crippen molar-refractivity contribution in [1.29, 1.82) is 0 Å². The minimum atomic E-state index is -0.855. The number of pyridine rings is 1. The molecule has 0 unspecified atom stereocenters. The molecule has 3 heterocycles. The molecule has 0 aliphatic carbocycles. The van der Waals surface area contributed by atoms with Gasteiger partial charge in [-0.2, -0.15) is 0 Å². The highest BCUT2D eigenvalue weighted by Crippen LogP contribution is 2.41. The molecular formula is C32H37N3O5. The molecule has 1 N–H and O–H groups in total. The Morgan fingerprint density at radius 1 is 1.18 bits per heavy atom. The first-order chi connectivity index (χ1) is 19.5. The van der Waals surface area contributed by atoms with E-state index in [0.717, 1.165) is 53.1 Å². The molecule has 1 amide bonds. The van der Waals surface area contributed by atoms with Crippen LogP contribution in [-0.4, -0.2) is 66.3 Å². The van der Waals surface area contributed by atoms with Crippen LogP contribution in [0, 0.1) is 5.92 Å². The molecule has 8 heteroatoms. The fraction of sp³-hybridized carbons (Fsp3) is 0.406. The van der Waals surface area contributed by atoms with Crippen molar-refractivity contribution in [2.24, 2.45) is 5.92 Å². The monoisotopic (exact) mass is 543 g/mol. The number of benzene rings is 2. The number of hydrogen-bond acceptors (Lipinski definition) is 6. The fourth-order valence-electron chi connectivity index (χ4n) is 6.10. The molecule has 8 nitrogen and oxygen atoms in total. The van der Waals surface area contributed by atoms with Gasteiger partial charge in [0.25, 0.3) is 0 Å². The van der Waals surface area contributed by atoms with Crippen LogP contribution in [0.4, 0.5) is 5.69 Å². The van der Waals surface area contributed by atoms with Gasteiger partial charge in [0.2, 0.25) is 5.91 Å². The molecule has 3 aromatic rings. The highest BCUT2D eigenvalue weighted by atomic mass is 16.5. The van der Waals surface area contributed by atoms with Crippen LogP contribution in [-0.2, 0) is 22.4 Å². The largest absolute Gasteiger partial charge is 0.496 e. The van der Waals surface area contributed by atoms with Gasteiger partial charge in [-0.15, -0.1) is 0 Å². The number of para-hydroxylation sites is 1. The summed E-state index contributed by atoms with van der Waals surface area (Å²) in [6, 6.07) is 17.1. The quantitative estimate of drug-likeness (QED) is 0.379. The summed E-state index contributed by atoms with van der Waals surface area (Å²) < 4.78 is 11.3. The molecule has 40 heavy (non-hydrogen) atoms. The summed E-state index contributed by atoms with van der Waals surface area (Å²) in [7, 11) is 1.62. The number of likely N-dealkylation sites (tertiary alicyclic amines) is 1. The third-order valence-electron chi connectivity index (χ3n) is 8.13. The van der Waals surface area contributed by atoms with Crippen molar-refractivity contribution in [1.82, 2.24) is 9.88 Å². The van der Waals surface area contributed by atoms with Gasteiger partial charge in [-0.3, -0.25) is 19.5 Å². The second-order valence-electron chi connectivity index (χ2n) is 10.6. The molecule has 2 aliphatic heterocycles. The van der Waals surface area contributed by atoms with Gasteiger partial charge in [0, 0.05) is 37.7 Å². The van der Waals surface area contributed by atoms with Crippen LogP contribution in [0.5, 0.6) is 11.5 Å². The number of amides is 1. The second kappa shape index (κ2) is 12.5. The first-order valence-electron chi connectivity index (χ1n) is 14.0. The van der Waals surface area contributed by atoms with E-state index in [2.05, 4.69) is 22.9 Å². The molecule has 1 aromatic heterocycles. The van der Waals surface area contributed by atoms with Crippen molar-refractivity contribution in [2.45, 2.75) is 44.6 Å². The number of aliphatic carboxylic acids is 1. The van der Waals surface area contributed by atoms with Crippen LogP contribution in [0.15, 0.2) is 67.0 Å². The van der Waals surface area contributed by atoms with Crippen LogP contribution in [0.25, 0.3) is 0 Å². The van der Waals surface area contributed by atoms with Crippen LogP contribution >= 0.6 is 0 Å². The maximum atomic E-state index is 13.9. The Hall–Kier alpha value is -3.91. The van der Waals surface area contributed by atoms with Crippen molar-refractivity contribution < 1.29 is 24.2 Å². The number of unbranched alkanes of at least 4 members (excludes halogenated alkanes) is 1. The van der Waals surface area contributed by atoms with Crippen LogP contribution in [0.2, 0.25) is 0 Å². The van der Waals surface area contributed by atoms with Gasteiger partial charge >= 0.3 is 5.97 Å². The number of rotatable bonds is 11. The number of hydrogen-bond donors (Lipinski definition) is 1. The average Bonchev–Trinajstić information content (AvgIpc) is 3.58. The molecule has 210 valence electrons. The third kappa shape index (κ3) is 5.82. The number of carboxylic acid groups (broad SMARTS) is 1. The summed E-state index contributed by atoms with van der Waals surface area (Å²) in [6.45, 7) is 3.91. The van der Waals surface area contributed by atoms with Gasteiger partial charge in [-0.1, -0.05) is 43.7 Å². The molecule has 5 rings (SSSR count). The lowest BCUT2D eigenvalue weighted by molar-refractivity contribution is -0.143. The topological polar surface area (TPSA) is 92.2 Å². The van der Waals surface area contributed by atoms with Crippen LogP contribution < -0.4 is 14.4 Å². The van der Waals surface area contributed by atoms with Crippen molar-refractivity contribution in [3.63, 3.8) is 0 Å². The van der Waals surface area contributed by atoms with Crippen molar-refractivity contribution in [3.8, 4) is 11.5 Å². The lowest BCUT2D eigenvalue weighted by Crippen LogP contribution is -2.45. The highest BCUT2D eigenvalue weighted by molar-refractivity contribution is 5.94. The Labute approximate surface area is 235 Å². The van der Waals surface area contributed by atoms with E-state index in [4.69, 9.17) is 9.47 Å². The maximum absolute atomic E-state index is 13.9. The second-order valence-corrected chi connectivity index (χ2v) is 10.6. The maximum Gasteiger partial charge on any atom is 0.308 e. The van der Waals surface area contributed by atoms with Gasteiger partial charge in [0.05, 0.1) is 38.1 Å². The van der Waals surface area contributed by atoms with E-state index in [0.29, 0.717) is 26.1 Å². The number of aromatic nitrogens is 1. The highest BCUT2D eigenvalue weighted by Gasteiger charge is 2.47. The first kappa shape index (κ1) is 27.6. The van der Waals surface area contributed by atoms with Crippen molar-refractivity contribution in [3.05, 3.63) is 83.7 Å². The number of methoxy groups -OCH3 is 1. The van der Waals surface area contributed by atoms with Crippen molar-refractivity contribution in [2.75, 3.05) is 38.3 Å². The zero-order chi connectivity index (χ0) is 28.1. The normalized spacial score (nSPS) is 20.1. The number of nitrogens with zero attached hydrogens (tertiary/aromatic N) is 3. The predicted molar refractivity (Wildman–Crippen MR) is 153 cm³/mol. The molecular weight excluding hydrogens is 506 g/mol. The summed E-state index contributed by atoms with van der Waals surface area (Å²) in [6.07, 6.45) is 6.50. The summed E-state index contributed by atoms with van der Waals surface area (Å²) in [5, 5.41) is 10.6. The molecule has 3 atom stereocenters. The standard InChI is InChI=1S/C32H37N3O5/c1-3-4-15-35(25-9-7-14-33-19-25)30(36)21-34-20-26(22-11-12-29-24(17-22)13-16-40-29)31(32(37)38)27(34)18-23-8-5-6-10-28(23)39-2/h5-12,14,17,19,26-27,31H,3-4,13,15-16,18,20-21H2,1-2H3,(H,37,38)/t26-,27+,31-/m1/s1. The number of anilines is 1. The van der Waals surface area contributed by atoms with E-state index < -0.39 is 17.9 Å². The molecule has 0 spiro atoms. The molecule has 0 bridgehead atoms. The predicted octanol–water partition coefficient (Wildman–Crippen LogP) is 4.57. The van der Waals surface area contributed by atoms with E-state index >= 15 is 0 Å². The van der Waals surface area contributed by atoms with Gasteiger partial charge in [0.1, 0.15) is 11.5 Å². The smallest absolute Gasteiger partial charge is 0.308 e. The molecule has 1 saturated heterocycles. The summed E-state index contributed by atoms with van der Waals surface area (Å²) >= 11 is 0. The SMILES string of the molecule is CCCCN(C(=O)CN1C[C@H](c2ccc3c(c2)CCO3)[C@@H](C(=O)O)[C@@H]1Cc1ccccc1OC)c1cccnc1. The van der Waals surface area contributed by atoms with E-state index in [1.165, 1.54) is 0 Å². The summed E-state index contributed by atoms with van der Waals surface area (Å²) in [5.41, 5.74) is 3.77. The Morgan fingerprint density at radius 2 is 2.02 bits per heavy atom. The minimum Gasteiger partial charge on any atom is -0.496 e. The Bertz CT molecular complexity index is 1330. The molecule has 2 aromatic carbocycles. The zero-order valence-electron chi connectivity index (χ0n) is 23.2. The lowest BCUT2D eigenvalue weighted by atomic mass is 9.82.